The van der Waals surface area contributed by atoms with Crippen LogP contribution in [0.25, 0.3) is 0 Å². The molecule has 1 aliphatic carbocycles. The van der Waals surface area contributed by atoms with E-state index in [4.69, 9.17) is 9.47 Å². The van der Waals surface area contributed by atoms with Crippen molar-refractivity contribution in [2.24, 2.45) is 0 Å². The van der Waals surface area contributed by atoms with Crippen molar-refractivity contribution in [3.05, 3.63) is 28.2 Å². The molecule has 2 fully saturated rings. The van der Waals surface area contributed by atoms with Gasteiger partial charge in [0, 0.05) is 39.7 Å². The molecule has 0 aromatic carbocycles. The van der Waals surface area contributed by atoms with Crippen LogP contribution in [0.1, 0.15) is 37.8 Å². The predicted molar refractivity (Wildman–Crippen MR) is 87.7 cm³/mol. The highest BCUT2D eigenvalue weighted by Gasteiger charge is 2.52. The number of likely N-dealkylation sites (tertiary alicyclic amines) is 1. The molecule has 1 aliphatic heterocycles. The molecule has 7 nitrogen and oxygen atoms in total. The molecule has 0 bridgehead atoms. The third-order valence-electron chi connectivity index (χ3n) is 5.53. The van der Waals surface area contributed by atoms with Crippen LogP contribution < -0.4 is 5.56 Å². The summed E-state index contributed by atoms with van der Waals surface area (Å²) in [6.45, 7) is 0.729. The van der Waals surface area contributed by atoms with E-state index in [2.05, 4.69) is 10.2 Å². The molecule has 2 aliphatic rings. The van der Waals surface area contributed by atoms with Crippen molar-refractivity contribution in [3.63, 3.8) is 0 Å². The zero-order chi connectivity index (χ0) is 17.2. The summed E-state index contributed by atoms with van der Waals surface area (Å²) in [5, 5.41) is 6.36. The Morgan fingerprint density at radius 2 is 2.25 bits per heavy atom. The minimum absolute atomic E-state index is 0.0808. The third kappa shape index (κ3) is 3.23. The number of nitrogens with one attached hydrogen (secondary N) is 1. The molecule has 1 aromatic rings. The smallest absolute Gasteiger partial charge is 0.264 e. The monoisotopic (exact) mass is 335 g/mol. The fourth-order valence-corrected chi connectivity index (χ4v) is 4.07. The highest BCUT2D eigenvalue weighted by Crippen LogP contribution is 2.43. The van der Waals surface area contributed by atoms with Crippen LogP contribution >= 0.6 is 0 Å². The number of hydrogen-bond donors (Lipinski definition) is 1. The molecule has 1 N–H and O–H groups in total. The lowest BCUT2D eigenvalue weighted by Crippen LogP contribution is -2.53. The second-order valence-corrected chi connectivity index (χ2v) is 6.67. The molecule has 7 heteroatoms. The lowest BCUT2D eigenvalue weighted by Gasteiger charge is -2.43. The van der Waals surface area contributed by atoms with Gasteiger partial charge in [0.2, 0.25) is 5.91 Å². The van der Waals surface area contributed by atoms with Crippen LogP contribution in [-0.2, 0) is 20.7 Å². The Bertz CT molecular complexity index is 626. The van der Waals surface area contributed by atoms with E-state index in [1.54, 1.807) is 20.3 Å². The largest absolute Gasteiger partial charge is 0.381 e. The van der Waals surface area contributed by atoms with Gasteiger partial charge in [-0.1, -0.05) is 0 Å². The van der Waals surface area contributed by atoms with Crippen LogP contribution in [0, 0.1) is 0 Å². The average molecular weight is 335 g/mol. The van der Waals surface area contributed by atoms with Crippen molar-refractivity contribution in [2.75, 3.05) is 20.8 Å². The van der Waals surface area contributed by atoms with Gasteiger partial charge in [-0.15, -0.1) is 0 Å². The predicted octanol–water partition coefficient (Wildman–Crippen LogP) is 0.888. The van der Waals surface area contributed by atoms with Crippen molar-refractivity contribution in [1.82, 2.24) is 15.1 Å². The normalized spacial score (nSPS) is 29.5. The number of rotatable bonds is 5. The molecule has 3 rings (SSSR count). The summed E-state index contributed by atoms with van der Waals surface area (Å²) in [6.07, 6.45) is 4.70. The van der Waals surface area contributed by atoms with Crippen LogP contribution in [-0.4, -0.2) is 59.5 Å². The van der Waals surface area contributed by atoms with Gasteiger partial charge in [0.1, 0.15) is 0 Å². The van der Waals surface area contributed by atoms with Crippen LogP contribution in [0.15, 0.2) is 16.9 Å². The molecule has 0 unspecified atom stereocenters. The first-order valence-corrected chi connectivity index (χ1v) is 8.50. The van der Waals surface area contributed by atoms with E-state index in [-0.39, 0.29) is 29.2 Å². The van der Waals surface area contributed by atoms with Gasteiger partial charge >= 0.3 is 0 Å². The van der Waals surface area contributed by atoms with Gasteiger partial charge in [0.15, 0.2) is 0 Å². The van der Waals surface area contributed by atoms with Crippen LogP contribution in [0.2, 0.25) is 0 Å². The van der Waals surface area contributed by atoms with Gasteiger partial charge in [-0.05, 0) is 31.7 Å². The number of methoxy groups -OCH3 is 2. The van der Waals surface area contributed by atoms with Crippen molar-refractivity contribution in [3.8, 4) is 0 Å². The van der Waals surface area contributed by atoms with Crippen molar-refractivity contribution >= 4 is 5.91 Å². The number of H-pyrrole nitrogens is 1. The minimum atomic E-state index is -0.234. The van der Waals surface area contributed by atoms with Crippen molar-refractivity contribution < 1.29 is 14.3 Å². The molecular weight excluding hydrogens is 310 g/mol. The first kappa shape index (κ1) is 17.1. The molecule has 1 saturated heterocycles. The zero-order valence-electron chi connectivity index (χ0n) is 14.3. The van der Waals surface area contributed by atoms with Gasteiger partial charge in [-0.3, -0.25) is 9.59 Å². The first-order chi connectivity index (χ1) is 11.6. The van der Waals surface area contributed by atoms with E-state index in [1.165, 1.54) is 6.07 Å². The zero-order valence-corrected chi connectivity index (χ0v) is 14.3. The Kier molecular flexibility index (Phi) is 5.01. The van der Waals surface area contributed by atoms with E-state index in [0.29, 0.717) is 12.8 Å². The number of carbonyl (C=O) groups excluding carboxylic acids is 1. The Morgan fingerprint density at radius 1 is 1.42 bits per heavy atom. The highest BCUT2D eigenvalue weighted by atomic mass is 16.5. The molecule has 132 valence electrons. The number of aryl methyl sites for hydroxylation is 1. The summed E-state index contributed by atoms with van der Waals surface area (Å²) in [6, 6.07) is 3.18. The minimum Gasteiger partial charge on any atom is -0.381 e. The van der Waals surface area contributed by atoms with Gasteiger partial charge in [0.25, 0.3) is 5.56 Å². The van der Waals surface area contributed by atoms with Crippen LogP contribution in [0.5, 0.6) is 0 Å². The second kappa shape index (κ2) is 7.03. The lowest BCUT2D eigenvalue weighted by atomic mass is 9.79. The van der Waals surface area contributed by atoms with Gasteiger partial charge in [-0.2, -0.15) is 5.10 Å². The summed E-state index contributed by atoms with van der Waals surface area (Å²) in [7, 11) is 3.48. The number of hydrogen-bond acceptors (Lipinski definition) is 5. The molecule has 24 heavy (non-hydrogen) atoms. The van der Waals surface area contributed by atoms with Gasteiger partial charge in [-0.25, -0.2) is 5.10 Å². The molecule has 2 heterocycles. The van der Waals surface area contributed by atoms with Gasteiger partial charge < -0.3 is 14.4 Å². The van der Waals surface area contributed by atoms with E-state index in [1.807, 2.05) is 4.90 Å². The third-order valence-corrected chi connectivity index (χ3v) is 5.53. The van der Waals surface area contributed by atoms with Crippen molar-refractivity contribution in [1.29, 1.82) is 0 Å². The quantitative estimate of drug-likeness (QED) is 0.864. The number of aromatic amines is 1. The number of ether oxygens (including phenoxy) is 2. The SMILES string of the molecule is CO[C@@H]1CC[C@@]2(OC)CCN(C(=O)CCc3ccc(=O)[nH]n3)[C@H]2C1. The number of nitrogens with zero attached hydrogens (tertiary/aromatic N) is 2. The average Bonchev–Trinajstić information content (AvgIpc) is 3.00. The summed E-state index contributed by atoms with van der Waals surface area (Å²) >= 11 is 0. The topological polar surface area (TPSA) is 84.5 Å². The summed E-state index contributed by atoms with van der Waals surface area (Å²) < 4.78 is 11.4. The molecule has 1 saturated carbocycles. The Morgan fingerprint density at radius 3 is 2.92 bits per heavy atom. The van der Waals surface area contributed by atoms with Crippen LogP contribution in [0.4, 0.5) is 0 Å². The Labute approximate surface area is 141 Å². The summed E-state index contributed by atoms with van der Waals surface area (Å²) in [5.74, 6) is 0.115. The standard InChI is InChI=1S/C17H25N3O4/c1-23-13-7-8-17(24-2)9-10-20(14(17)11-13)16(22)6-4-12-3-5-15(21)19-18-12/h3,5,13-14H,4,6-11H2,1-2H3,(H,19,21)/t13-,14+,17-/m1/s1. The molecular formula is C17H25N3O4. The van der Waals surface area contributed by atoms with E-state index in [9.17, 15) is 9.59 Å². The number of aromatic nitrogens is 2. The Hall–Kier alpha value is -1.73. The molecule has 1 amide bonds. The number of fused-ring (bicyclic) bond motifs is 1. The second-order valence-electron chi connectivity index (χ2n) is 6.67. The van der Waals surface area contributed by atoms with E-state index >= 15 is 0 Å². The Balaban J connectivity index is 1.65. The molecule has 0 radical (unpaired) electrons. The summed E-state index contributed by atoms with van der Waals surface area (Å²) in [4.78, 5) is 25.7. The number of carbonyl (C=O) groups is 1. The molecule has 0 spiro atoms. The van der Waals surface area contributed by atoms with Gasteiger partial charge in [0.05, 0.1) is 23.4 Å². The summed E-state index contributed by atoms with van der Waals surface area (Å²) in [5.41, 5.74) is 0.266. The lowest BCUT2D eigenvalue weighted by molar-refractivity contribution is -0.140. The van der Waals surface area contributed by atoms with Crippen LogP contribution in [0.3, 0.4) is 0 Å². The fraction of sp³-hybridized carbons (Fsp3) is 0.706. The first-order valence-electron chi connectivity index (χ1n) is 8.50. The maximum Gasteiger partial charge on any atom is 0.264 e. The van der Waals surface area contributed by atoms with Crippen molar-refractivity contribution in [2.45, 2.75) is 56.3 Å². The molecule has 3 atom stereocenters. The maximum absolute atomic E-state index is 12.7. The number of amides is 1. The van der Waals surface area contributed by atoms with E-state index in [0.717, 1.165) is 37.9 Å². The maximum atomic E-state index is 12.7. The highest BCUT2D eigenvalue weighted by molar-refractivity contribution is 5.77. The van der Waals surface area contributed by atoms with E-state index < -0.39 is 0 Å². The fourth-order valence-electron chi connectivity index (χ4n) is 4.07. The molecule has 1 aromatic heterocycles.